The van der Waals surface area contributed by atoms with E-state index in [9.17, 15) is 0 Å². The molecule has 7 rings (SSSR count). The van der Waals surface area contributed by atoms with Crippen LogP contribution in [0.25, 0.3) is 33.6 Å². The molecule has 5 aromatic rings. The number of rotatable bonds is 2. The maximum absolute atomic E-state index is 7.50. The Balaban J connectivity index is 0.000000200. The summed E-state index contributed by atoms with van der Waals surface area (Å²) in [6, 6.07) is 32.7. The maximum Gasteiger partial charge on any atom is 0.0280 e. The molecule has 2 aromatic heterocycles. The molecule has 36 heavy (non-hydrogen) atoms. The Labute approximate surface area is 231 Å². The summed E-state index contributed by atoms with van der Waals surface area (Å²) in [7, 11) is 0. The molecule has 0 saturated heterocycles. The normalized spacial score (nSPS) is 14.1. The van der Waals surface area contributed by atoms with Crippen LogP contribution in [0.15, 0.2) is 91.3 Å². The number of aromatic nitrogens is 2. The van der Waals surface area contributed by atoms with Crippen LogP contribution < -0.4 is 0 Å². The monoisotopic (exact) mass is 646 g/mol. The summed E-state index contributed by atoms with van der Waals surface area (Å²) in [5, 5.41) is 0. The summed E-state index contributed by atoms with van der Waals surface area (Å²) >= 11 is 0. The van der Waals surface area contributed by atoms with Gasteiger partial charge in [0.05, 0.1) is 0 Å². The first-order chi connectivity index (χ1) is 18.5. The average molecular weight is 646 g/mol. The van der Waals surface area contributed by atoms with Gasteiger partial charge in [0.25, 0.3) is 0 Å². The van der Waals surface area contributed by atoms with E-state index in [4.69, 9.17) is 4.11 Å². The van der Waals surface area contributed by atoms with Gasteiger partial charge in [-0.15, -0.1) is 64.7 Å². The van der Waals surface area contributed by atoms with E-state index in [1.165, 1.54) is 39.6 Å². The van der Waals surface area contributed by atoms with Gasteiger partial charge in [-0.3, -0.25) is 0 Å². The minimum absolute atomic E-state index is 0. The van der Waals surface area contributed by atoms with Crippen molar-refractivity contribution in [2.24, 2.45) is 0 Å². The van der Waals surface area contributed by atoms with Crippen LogP contribution in [-0.2, 0) is 45.8 Å². The summed E-state index contributed by atoms with van der Waals surface area (Å²) in [6.07, 6.45) is 7.42. The van der Waals surface area contributed by atoms with Gasteiger partial charge >= 0.3 is 0 Å². The predicted octanol–water partition coefficient (Wildman–Crippen LogP) is 7.27. The fraction of sp³-hybridized carbons (Fsp3) is 0.152. The minimum atomic E-state index is -2.11. The molecule has 0 unspecified atom stereocenters. The van der Waals surface area contributed by atoms with Crippen molar-refractivity contribution in [1.82, 2.24) is 9.97 Å². The maximum atomic E-state index is 7.50. The summed E-state index contributed by atoms with van der Waals surface area (Å²) in [6.45, 7) is -2.11. The van der Waals surface area contributed by atoms with E-state index in [1.807, 2.05) is 42.5 Å². The average Bonchev–Trinajstić information content (AvgIpc) is 2.97. The Kier molecular flexibility index (Phi) is 6.17. The zero-order valence-electron chi connectivity index (χ0n) is 22.7. The molecule has 179 valence electrons. The van der Waals surface area contributed by atoms with Crippen molar-refractivity contribution < 1.29 is 24.2 Å². The molecule has 0 bridgehead atoms. The van der Waals surface area contributed by atoms with Crippen molar-refractivity contribution in [3.8, 4) is 33.6 Å². The van der Waals surface area contributed by atoms with Crippen molar-refractivity contribution in [2.45, 2.75) is 32.5 Å². The van der Waals surface area contributed by atoms with Crippen LogP contribution in [0.4, 0.5) is 0 Å². The van der Waals surface area contributed by atoms with Crippen molar-refractivity contribution in [3.05, 3.63) is 131 Å². The summed E-state index contributed by atoms with van der Waals surface area (Å²) in [5.74, 6) is 0. The van der Waals surface area contributed by atoms with Crippen LogP contribution in [0.5, 0.6) is 0 Å². The van der Waals surface area contributed by atoms with Crippen LogP contribution in [0.2, 0.25) is 0 Å². The smallest absolute Gasteiger partial charge is 0.0280 e. The van der Waals surface area contributed by atoms with E-state index < -0.39 is 6.85 Å². The van der Waals surface area contributed by atoms with Gasteiger partial charge in [-0.2, -0.15) is 0 Å². The molecule has 0 amide bonds. The van der Waals surface area contributed by atoms with Crippen molar-refractivity contribution in [2.75, 3.05) is 0 Å². The molecule has 0 N–H and O–H groups in total. The molecule has 2 heterocycles. The zero-order chi connectivity index (χ0) is 26.1. The predicted molar refractivity (Wildman–Crippen MR) is 142 cm³/mol. The molecule has 1 radical (unpaired) electrons. The molecule has 2 aliphatic carbocycles. The van der Waals surface area contributed by atoms with Gasteiger partial charge in [-0.1, -0.05) is 53.6 Å². The van der Waals surface area contributed by atoms with E-state index in [0.717, 1.165) is 48.2 Å². The van der Waals surface area contributed by atoms with E-state index in [2.05, 4.69) is 46.4 Å². The van der Waals surface area contributed by atoms with Gasteiger partial charge in [-0.25, -0.2) is 0 Å². The second kappa shape index (κ2) is 10.7. The minimum Gasteiger partial charge on any atom is -0.305 e. The first-order valence-electron chi connectivity index (χ1n) is 13.5. The summed E-state index contributed by atoms with van der Waals surface area (Å²) in [4.78, 5) is 8.63. The number of hydrogen-bond acceptors (Lipinski definition) is 2. The number of pyridine rings is 2. The summed E-state index contributed by atoms with van der Waals surface area (Å²) < 4.78 is 22.5. The third-order valence-electron chi connectivity index (χ3n) is 6.71. The van der Waals surface area contributed by atoms with E-state index in [0.29, 0.717) is 0 Å². The quantitative estimate of drug-likeness (QED) is 0.189. The third-order valence-corrected chi connectivity index (χ3v) is 6.71. The fourth-order valence-corrected chi connectivity index (χ4v) is 5.08. The Morgan fingerprint density at radius 3 is 2.25 bits per heavy atom. The molecular weight excluding hydrogens is 617 g/mol. The van der Waals surface area contributed by atoms with Gasteiger partial charge in [0.1, 0.15) is 0 Å². The van der Waals surface area contributed by atoms with E-state index in [1.54, 1.807) is 18.3 Å². The molecule has 0 saturated carbocycles. The third kappa shape index (κ3) is 4.82. The second-order valence-corrected chi connectivity index (χ2v) is 8.94. The molecule has 2 aliphatic rings. The SMILES string of the molecule is [2H]C([2H])([2H])c1ccc(-c2[c-]c3c4c(c2)CCc2cccc(c2-4)CC3)nc1.[Ir].[c-]1ccccc1-c1ccccn1. The largest absolute Gasteiger partial charge is 0.305 e. The van der Waals surface area contributed by atoms with Crippen molar-refractivity contribution >= 4 is 0 Å². The standard InChI is InChI=1S/C22H18N.C11H8N.Ir/c1-14-5-10-20(23-13-14)19-11-17-8-6-15-3-2-4-16-7-9-18(12-19)22(17)21(15)16;1-2-6-10(7-3-1)11-8-4-5-9-12-11;/h2-5,10-11,13H,6-9H2,1H3;1-6,8-9H;/q2*-1;/i1D3;;. The van der Waals surface area contributed by atoms with Crippen LogP contribution in [-0.4, -0.2) is 9.97 Å². The Hall–Kier alpha value is -3.39. The van der Waals surface area contributed by atoms with Gasteiger partial charge in [0.2, 0.25) is 0 Å². The first kappa shape index (κ1) is 20.8. The molecule has 2 nitrogen and oxygen atoms in total. The van der Waals surface area contributed by atoms with Crippen LogP contribution in [0, 0.1) is 19.0 Å². The van der Waals surface area contributed by atoms with Crippen LogP contribution >= 0.6 is 0 Å². The van der Waals surface area contributed by atoms with Gasteiger partial charge in [0.15, 0.2) is 0 Å². The van der Waals surface area contributed by atoms with Gasteiger partial charge < -0.3 is 9.97 Å². The molecule has 0 fully saturated rings. The topological polar surface area (TPSA) is 25.8 Å². The van der Waals surface area contributed by atoms with Crippen LogP contribution in [0.1, 0.15) is 31.9 Å². The Morgan fingerprint density at radius 1 is 0.722 bits per heavy atom. The second-order valence-electron chi connectivity index (χ2n) is 8.94. The van der Waals surface area contributed by atoms with Crippen LogP contribution in [0.3, 0.4) is 0 Å². The Morgan fingerprint density at radius 2 is 1.53 bits per heavy atom. The number of benzene rings is 3. The molecule has 0 aliphatic heterocycles. The van der Waals surface area contributed by atoms with E-state index >= 15 is 0 Å². The van der Waals surface area contributed by atoms with Gasteiger partial charge in [-0.05, 0) is 66.7 Å². The van der Waals surface area contributed by atoms with E-state index in [-0.39, 0.29) is 25.7 Å². The summed E-state index contributed by atoms with van der Waals surface area (Å²) in [5.41, 5.74) is 12.4. The number of hydrogen-bond donors (Lipinski definition) is 0. The molecule has 0 atom stereocenters. The number of nitrogens with zero attached hydrogens (tertiary/aromatic N) is 2. The zero-order valence-corrected chi connectivity index (χ0v) is 22.1. The molecule has 0 spiro atoms. The van der Waals surface area contributed by atoms with Gasteiger partial charge in [0, 0.05) is 36.6 Å². The van der Waals surface area contributed by atoms with Crippen molar-refractivity contribution in [3.63, 3.8) is 0 Å². The fourth-order valence-electron chi connectivity index (χ4n) is 5.08. The molecule has 3 heteroatoms. The molecule has 3 aromatic carbocycles. The molecular formula is C33H26IrN2-2. The Bertz CT molecular complexity index is 1500. The van der Waals surface area contributed by atoms with Crippen molar-refractivity contribution in [1.29, 1.82) is 0 Å². The number of aryl methyl sites for hydroxylation is 5. The first-order valence-corrected chi connectivity index (χ1v) is 12.0.